The molecule has 2 aromatic rings. The molecule has 2 nitrogen and oxygen atoms in total. The van der Waals surface area contributed by atoms with Gasteiger partial charge in [0.05, 0.1) is 10.7 Å². The quantitative estimate of drug-likeness (QED) is 0.824. The smallest absolute Gasteiger partial charge is 0.150 e. The molecule has 0 aliphatic carbocycles. The van der Waals surface area contributed by atoms with Crippen molar-refractivity contribution < 1.29 is 13.5 Å². The molecule has 0 bridgehead atoms. The summed E-state index contributed by atoms with van der Waals surface area (Å²) in [5.74, 6) is -0.603. The van der Waals surface area contributed by atoms with Crippen LogP contribution in [0.1, 0.15) is 0 Å². The van der Waals surface area contributed by atoms with Crippen LogP contribution >= 0.6 is 11.6 Å². The van der Waals surface area contributed by atoms with Crippen molar-refractivity contribution >= 4 is 17.3 Å². The Morgan fingerprint density at radius 2 is 1.59 bits per heavy atom. The van der Waals surface area contributed by atoms with Crippen molar-refractivity contribution in [1.82, 2.24) is 0 Å². The molecule has 0 aliphatic rings. The van der Waals surface area contributed by atoms with Crippen LogP contribution in [0.15, 0.2) is 36.4 Å². The van der Waals surface area contributed by atoms with Gasteiger partial charge in [-0.25, -0.2) is 8.78 Å². The van der Waals surface area contributed by atoms with Gasteiger partial charge in [-0.15, -0.1) is 0 Å². The summed E-state index contributed by atoms with van der Waals surface area (Å²) < 4.78 is 31.1. The monoisotopic (exact) mass is 255 g/mol. The summed E-state index contributed by atoms with van der Waals surface area (Å²) in [7, 11) is 0. The number of nitrogens with two attached hydrogens (primary N) is 1. The van der Waals surface area contributed by atoms with Gasteiger partial charge in [0.25, 0.3) is 0 Å². The molecule has 17 heavy (non-hydrogen) atoms. The van der Waals surface area contributed by atoms with E-state index < -0.39 is 11.6 Å². The Labute approximate surface area is 102 Å². The molecule has 0 saturated carbocycles. The molecule has 0 aromatic heterocycles. The Morgan fingerprint density at radius 1 is 0.941 bits per heavy atom. The maximum absolute atomic E-state index is 13.0. The minimum absolute atomic E-state index is 0.116. The lowest BCUT2D eigenvalue weighted by atomic mass is 10.3. The third-order valence-corrected chi connectivity index (χ3v) is 2.40. The Kier molecular flexibility index (Phi) is 3.15. The van der Waals surface area contributed by atoms with E-state index in [-0.39, 0.29) is 22.2 Å². The lowest BCUT2D eigenvalue weighted by Crippen LogP contribution is -1.93. The zero-order valence-electron chi connectivity index (χ0n) is 8.58. The van der Waals surface area contributed by atoms with E-state index in [4.69, 9.17) is 22.1 Å². The molecule has 88 valence electrons. The largest absolute Gasteiger partial charge is 0.454 e. The number of rotatable bonds is 2. The van der Waals surface area contributed by atoms with E-state index in [2.05, 4.69) is 0 Å². The lowest BCUT2D eigenvalue weighted by Gasteiger charge is -2.09. The second kappa shape index (κ2) is 4.59. The number of hydrogen-bond donors (Lipinski definition) is 1. The van der Waals surface area contributed by atoms with Gasteiger partial charge in [-0.1, -0.05) is 11.6 Å². The van der Waals surface area contributed by atoms with Crippen molar-refractivity contribution in [3.63, 3.8) is 0 Å². The molecule has 0 spiro atoms. The minimum Gasteiger partial charge on any atom is -0.454 e. The van der Waals surface area contributed by atoms with Crippen LogP contribution in [0.25, 0.3) is 0 Å². The second-order valence-electron chi connectivity index (χ2n) is 3.36. The third-order valence-electron chi connectivity index (χ3n) is 2.08. The van der Waals surface area contributed by atoms with E-state index in [1.807, 2.05) is 0 Å². The highest BCUT2D eigenvalue weighted by molar-refractivity contribution is 6.32. The fourth-order valence-corrected chi connectivity index (χ4v) is 1.44. The summed E-state index contributed by atoms with van der Waals surface area (Å²) in [6, 6.07) is 7.37. The first-order chi connectivity index (χ1) is 8.06. The second-order valence-corrected chi connectivity index (χ2v) is 3.77. The van der Waals surface area contributed by atoms with Crippen molar-refractivity contribution in [2.75, 3.05) is 5.73 Å². The van der Waals surface area contributed by atoms with Crippen molar-refractivity contribution in [1.29, 1.82) is 0 Å². The van der Waals surface area contributed by atoms with E-state index in [0.29, 0.717) is 0 Å². The van der Waals surface area contributed by atoms with Gasteiger partial charge >= 0.3 is 0 Å². The summed E-state index contributed by atoms with van der Waals surface area (Å²) >= 11 is 5.82. The van der Waals surface area contributed by atoms with Gasteiger partial charge in [-0.05, 0) is 24.3 Å². The highest BCUT2D eigenvalue weighted by atomic mass is 35.5. The Balaban J connectivity index is 2.34. The van der Waals surface area contributed by atoms with Crippen molar-refractivity contribution in [3.8, 4) is 11.5 Å². The fraction of sp³-hybridized carbons (Fsp3) is 0. The molecular formula is C12H8ClF2NO. The maximum atomic E-state index is 13.0. The van der Waals surface area contributed by atoms with Gasteiger partial charge in [-0.2, -0.15) is 0 Å². The zero-order chi connectivity index (χ0) is 12.4. The summed E-state index contributed by atoms with van der Waals surface area (Å²) in [5, 5.41) is 0.245. The van der Waals surface area contributed by atoms with E-state index in [1.54, 1.807) is 0 Å². The fourth-order valence-electron chi connectivity index (χ4n) is 1.29. The van der Waals surface area contributed by atoms with E-state index in [1.165, 1.54) is 24.3 Å². The number of ether oxygens (including phenoxy) is 1. The maximum Gasteiger partial charge on any atom is 0.150 e. The molecule has 0 aliphatic heterocycles. The number of benzene rings is 2. The Morgan fingerprint density at radius 3 is 2.29 bits per heavy atom. The molecule has 0 fully saturated rings. The van der Waals surface area contributed by atoms with Crippen LogP contribution in [-0.4, -0.2) is 0 Å². The van der Waals surface area contributed by atoms with Crippen LogP contribution in [0.5, 0.6) is 11.5 Å². The molecule has 2 aromatic carbocycles. The van der Waals surface area contributed by atoms with Crippen molar-refractivity contribution in [2.24, 2.45) is 0 Å². The third kappa shape index (κ3) is 2.65. The normalized spacial score (nSPS) is 10.3. The SMILES string of the molecule is Nc1cc(F)ccc1Oc1cc(F)ccc1Cl. The molecule has 0 radical (unpaired) electrons. The van der Waals surface area contributed by atoms with Crippen LogP contribution in [0.2, 0.25) is 5.02 Å². The molecule has 5 heteroatoms. The first-order valence-electron chi connectivity index (χ1n) is 4.74. The number of halogens is 3. The molecule has 2 rings (SSSR count). The Bertz CT molecular complexity index is 560. The predicted octanol–water partition coefficient (Wildman–Crippen LogP) is 3.99. The van der Waals surface area contributed by atoms with Gasteiger partial charge in [0.1, 0.15) is 17.4 Å². The van der Waals surface area contributed by atoms with E-state index in [9.17, 15) is 8.78 Å². The highest BCUT2D eigenvalue weighted by Gasteiger charge is 2.08. The first-order valence-corrected chi connectivity index (χ1v) is 5.12. The Hall–Kier alpha value is -1.81. The molecule has 0 heterocycles. The first kappa shape index (κ1) is 11.7. The van der Waals surface area contributed by atoms with Crippen molar-refractivity contribution in [3.05, 3.63) is 53.1 Å². The summed E-state index contributed by atoms with van der Waals surface area (Å²) in [6.07, 6.45) is 0. The van der Waals surface area contributed by atoms with Crippen molar-refractivity contribution in [2.45, 2.75) is 0 Å². The summed E-state index contributed by atoms with van der Waals surface area (Å²) in [4.78, 5) is 0. The van der Waals surface area contributed by atoms with Gasteiger partial charge in [-0.3, -0.25) is 0 Å². The average Bonchev–Trinajstić information content (AvgIpc) is 2.27. The molecule has 2 N–H and O–H groups in total. The molecule has 0 amide bonds. The topological polar surface area (TPSA) is 35.2 Å². The predicted molar refractivity (Wildman–Crippen MR) is 62.3 cm³/mol. The van der Waals surface area contributed by atoms with Crippen LogP contribution in [-0.2, 0) is 0 Å². The standard InChI is InChI=1S/C12H8ClF2NO/c13-9-3-1-8(15)6-12(9)17-11-4-2-7(14)5-10(11)16/h1-6H,16H2. The average molecular weight is 256 g/mol. The minimum atomic E-state index is -0.481. The van der Waals surface area contributed by atoms with Gasteiger partial charge in [0, 0.05) is 12.1 Å². The van der Waals surface area contributed by atoms with Crippen LogP contribution in [0.3, 0.4) is 0 Å². The van der Waals surface area contributed by atoms with E-state index in [0.717, 1.165) is 12.1 Å². The molecule has 0 unspecified atom stereocenters. The van der Waals surface area contributed by atoms with Crippen LogP contribution in [0, 0.1) is 11.6 Å². The van der Waals surface area contributed by atoms with Gasteiger partial charge in [0.2, 0.25) is 0 Å². The van der Waals surface area contributed by atoms with Crippen LogP contribution in [0.4, 0.5) is 14.5 Å². The summed E-state index contributed by atoms with van der Waals surface area (Å²) in [6.45, 7) is 0. The van der Waals surface area contributed by atoms with E-state index >= 15 is 0 Å². The van der Waals surface area contributed by atoms with Crippen LogP contribution < -0.4 is 10.5 Å². The van der Waals surface area contributed by atoms with Gasteiger partial charge in [0.15, 0.2) is 5.75 Å². The lowest BCUT2D eigenvalue weighted by molar-refractivity contribution is 0.477. The highest BCUT2D eigenvalue weighted by Crippen LogP contribution is 2.33. The number of anilines is 1. The zero-order valence-corrected chi connectivity index (χ0v) is 9.34. The summed E-state index contributed by atoms with van der Waals surface area (Å²) in [5.41, 5.74) is 5.67. The molecular weight excluding hydrogens is 248 g/mol. The number of hydrogen-bond acceptors (Lipinski definition) is 2. The van der Waals surface area contributed by atoms with Gasteiger partial charge < -0.3 is 10.5 Å². The molecule has 0 saturated heterocycles. The molecule has 0 atom stereocenters. The number of nitrogen functional groups attached to an aromatic ring is 1.